The van der Waals surface area contributed by atoms with Gasteiger partial charge in [0.25, 0.3) is 0 Å². The molecular weight excluding hydrogens is 1180 g/mol. The van der Waals surface area contributed by atoms with E-state index in [1.807, 2.05) is 0 Å². The highest BCUT2D eigenvalue weighted by molar-refractivity contribution is 6.13. The Kier molecular flexibility index (Phi) is 10.9. The van der Waals surface area contributed by atoms with Crippen LogP contribution in [0.1, 0.15) is 86.5 Å². The van der Waals surface area contributed by atoms with Crippen LogP contribution in [0.3, 0.4) is 0 Å². The van der Waals surface area contributed by atoms with Gasteiger partial charge in [-0.2, -0.15) is 0 Å². The first-order valence-electron chi connectivity index (χ1n) is 36.3. The fourth-order valence-corrected chi connectivity index (χ4v) is 23.6. The maximum absolute atomic E-state index is 2.70. The third-order valence-electron chi connectivity index (χ3n) is 26.5. The normalized spacial score (nSPS) is 23.4. The number of benzene rings is 12. The van der Waals surface area contributed by atoms with Crippen molar-refractivity contribution in [2.24, 2.45) is 47.3 Å². The number of hydrogen-bond donors (Lipinski definition) is 0. The van der Waals surface area contributed by atoms with Crippen molar-refractivity contribution in [2.75, 3.05) is 9.80 Å². The first-order valence-corrected chi connectivity index (χ1v) is 36.3. The molecule has 0 amide bonds. The molecule has 0 atom stereocenters. The van der Waals surface area contributed by atoms with Gasteiger partial charge in [0, 0.05) is 71.6 Å². The van der Waals surface area contributed by atoms with Gasteiger partial charge in [-0.05, 0) is 254 Å². The van der Waals surface area contributed by atoms with Crippen LogP contribution in [0, 0.1) is 47.3 Å². The quantitative estimate of drug-likeness (QED) is 0.165. The van der Waals surface area contributed by atoms with Crippen LogP contribution in [0.25, 0.3) is 93.6 Å². The van der Waals surface area contributed by atoms with E-state index in [9.17, 15) is 0 Å². The lowest BCUT2D eigenvalue weighted by atomic mass is 9.41. The Bertz CT molecular complexity index is 5610. The Hall–Kier alpha value is -10.4. The van der Waals surface area contributed by atoms with Gasteiger partial charge >= 0.3 is 0 Å². The first-order chi connectivity index (χ1) is 48.0. The van der Waals surface area contributed by atoms with Crippen LogP contribution in [-0.2, 0) is 10.8 Å². The summed E-state index contributed by atoms with van der Waals surface area (Å²) < 4.78 is 7.63. The summed E-state index contributed by atoms with van der Waals surface area (Å²) in [7, 11) is 0. The maximum atomic E-state index is 2.70. The monoisotopic (exact) mass is 1250 g/mol. The maximum Gasteiger partial charge on any atom is 0.0542 e. The van der Waals surface area contributed by atoms with Gasteiger partial charge in [-0.1, -0.05) is 164 Å². The van der Waals surface area contributed by atoms with Crippen molar-refractivity contribution < 1.29 is 0 Å². The smallest absolute Gasteiger partial charge is 0.0542 e. The Morgan fingerprint density at radius 3 is 0.825 bits per heavy atom. The summed E-state index contributed by atoms with van der Waals surface area (Å²) in [5.41, 5.74) is 26.7. The lowest BCUT2D eigenvalue weighted by Crippen LogP contribution is -2.57. The molecule has 25 rings (SSSR count). The number of fused-ring (bicyclic) bond motifs is 13. The third-order valence-corrected chi connectivity index (χ3v) is 26.5. The number of rotatable bonds is 6. The molecule has 0 radical (unpaired) electrons. The fourth-order valence-electron chi connectivity index (χ4n) is 23.6. The van der Waals surface area contributed by atoms with E-state index in [1.165, 1.54) is 197 Å². The van der Waals surface area contributed by atoms with Crippen LogP contribution in [0.2, 0.25) is 0 Å². The van der Waals surface area contributed by atoms with Crippen LogP contribution in [0.5, 0.6) is 0 Å². The molecule has 5 nitrogen and oxygen atoms in total. The summed E-state index contributed by atoms with van der Waals surface area (Å²) in [5.74, 6) is 5.94. The minimum atomic E-state index is -0.0275. The summed E-state index contributed by atoms with van der Waals surface area (Å²) in [6.45, 7) is 0. The lowest BCUT2D eigenvalue weighted by molar-refractivity contribution is -0.0419. The number of aromatic nitrogens is 3. The van der Waals surface area contributed by atoms with Crippen LogP contribution in [-0.4, -0.2) is 13.7 Å². The van der Waals surface area contributed by atoms with E-state index >= 15 is 0 Å². The predicted molar refractivity (Wildman–Crippen MR) is 400 cm³/mol. The zero-order valence-electron chi connectivity index (χ0n) is 54.4. The molecule has 12 aromatic carbocycles. The van der Waals surface area contributed by atoms with Crippen LogP contribution < -0.4 is 9.80 Å². The highest BCUT2D eigenvalue weighted by Gasteiger charge is 2.63. The van der Waals surface area contributed by atoms with Gasteiger partial charge in [0.05, 0.1) is 55.8 Å². The molecule has 8 saturated carbocycles. The summed E-state index contributed by atoms with van der Waals surface area (Å²) in [6.07, 6.45) is 13.6. The third kappa shape index (κ3) is 7.14. The Morgan fingerprint density at radius 2 is 0.485 bits per heavy atom. The minimum absolute atomic E-state index is 0.0175. The minimum Gasteiger partial charge on any atom is -0.310 e. The Labute approximate surface area is 565 Å². The van der Waals surface area contributed by atoms with Crippen molar-refractivity contribution in [2.45, 2.75) is 75.0 Å². The van der Waals surface area contributed by atoms with Gasteiger partial charge in [0.1, 0.15) is 0 Å². The van der Waals surface area contributed by atoms with E-state index in [4.69, 9.17) is 0 Å². The SMILES string of the molecule is c1ccc2c(c1)N(c1cc(-c3cc(N4c5ccccc5C5(c6ccccc64)C4CC6CC(C4)CC5C6)cc(-n4c5ccccc5c5cc(-n6c7ccccc7c7ccccc76)ccc54)c3)cc(-n3c4ccccc4c4ccccc43)c1)c1ccccc1C21C2CC3CC(C2)CC1C3. The molecular formula is C92H73N5. The topological polar surface area (TPSA) is 21.3 Å². The number of para-hydroxylation sites is 9. The molecule has 97 heavy (non-hydrogen) atoms. The van der Waals surface area contributed by atoms with Crippen molar-refractivity contribution in [1.82, 2.24) is 13.7 Å². The highest BCUT2D eigenvalue weighted by Crippen LogP contribution is 2.72. The number of anilines is 6. The van der Waals surface area contributed by atoms with Crippen molar-refractivity contribution in [1.29, 1.82) is 0 Å². The van der Waals surface area contributed by atoms with Crippen molar-refractivity contribution in [3.05, 3.63) is 295 Å². The molecule has 5 heteroatoms. The van der Waals surface area contributed by atoms with Crippen molar-refractivity contribution in [3.8, 4) is 28.2 Å². The molecule has 0 N–H and O–H groups in total. The van der Waals surface area contributed by atoms with E-state index in [0.717, 1.165) is 40.7 Å². The number of nitrogens with zero attached hydrogens (tertiary/aromatic N) is 5. The van der Waals surface area contributed by atoms with Gasteiger partial charge in [-0.25, -0.2) is 0 Å². The molecule has 10 aliphatic rings. The molecule has 8 aliphatic carbocycles. The average Bonchev–Trinajstić information content (AvgIpc) is 1.50. The molecule has 15 aromatic rings. The molecule has 5 heterocycles. The van der Waals surface area contributed by atoms with E-state index in [1.54, 1.807) is 0 Å². The van der Waals surface area contributed by atoms with Gasteiger partial charge < -0.3 is 23.5 Å². The van der Waals surface area contributed by atoms with Gasteiger partial charge in [0.2, 0.25) is 0 Å². The van der Waals surface area contributed by atoms with Crippen LogP contribution >= 0.6 is 0 Å². The number of hydrogen-bond acceptors (Lipinski definition) is 2. The lowest BCUT2D eigenvalue weighted by Gasteiger charge is -2.64. The zero-order valence-corrected chi connectivity index (χ0v) is 54.4. The van der Waals surface area contributed by atoms with Gasteiger partial charge in [0.15, 0.2) is 0 Å². The summed E-state index contributed by atoms with van der Waals surface area (Å²) in [4.78, 5) is 5.39. The molecule has 2 spiro atoms. The molecule has 8 fully saturated rings. The molecule has 8 bridgehead atoms. The van der Waals surface area contributed by atoms with E-state index in [-0.39, 0.29) is 10.8 Å². The second-order valence-electron chi connectivity index (χ2n) is 30.9. The molecule has 0 saturated heterocycles. The van der Waals surface area contributed by atoms with Crippen LogP contribution in [0.15, 0.2) is 273 Å². The van der Waals surface area contributed by atoms with E-state index in [0.29, 0.717) is 23.7 Å². The van der Waals surface area contributed by atoms with Gasteiger partial charge in [-0.3, -0.25) is 0 Å². The first kappa shape index (κ1) is 53.8. The Morgan fingerprint density at radius 1 is 0.216 bits per heavy atom. The molecule has 2 aliphatic heterocycles. The van der Waals surface area contributed by atoms with Crippen LogP contribution in [0.4, 0.5) is 34.1 Å². The molecule has 0 unspecified atom stereocenters. The fraction of sp³-hybridized carbons (Fsp3) is 0.217. The standard InChI is InChI=1S/C92H73N5/c1-10-28-81-71(19-1)72-20-2-11-29-82(72)93(81)66-37-38-86-76(55-66)75-23-5-14-32-85(75)95(86)68-50-61(52-70(54-68)97-89-35-17-8-26-79(89)92(80-27-9-18-36-90(80)97)64-45-58-40-59(47-64)48-65(92)46-58)60-49-67(94-83-30-12-3-21-73(83)74-22-4-13-31-84(74)94)53-69(51-60)96-87-33-15-6-24-77(87)91(78-25-7-16-34-88(78)96)62-41-56-39-57(43-62)44-63(91)42-56/h1-38,49-59,62-65H,39-48H2. The summed E-state index contributed by atoms with van der Waals surface area (Å²) in [6, 6.07) is 106. The van der Waals surface area contributed by atoms with Gasteiger partial charge in [-0.15, -0.1) is 0 Å². The molecule has 3 aromatic heterocycles. The summed E-state index contributed by atoms with van der Waals surface area (Å²) in [5, 5.41) is 7.53. The highest BCUT2D eigenvalue weighted by atomic mass is 15.2. The second kappa shape index (κ2) is 19.7. The predicted octanol–water partition coefficient (Wildman–Crippen LogP) is 23.7. The Balaban J connectivity index is 0.800. The summed E-state index contributed by atoms with van der Waals surface area (Å²) >= 11 is 0. The molecule has 466 valence electrons. The van der Waals surface area contributed by atoms with Crippen molar-refractivity contribution >= 4 is 99.5 Å². The zero-order chi connectivity index (χ0) is 63.0. The van der Waals surface area contributed by atoms with E-state index in [2.05, 4.69) is 296 Å². The average molecular weight is 1250 g/mol. The van der Waals surface area contributed by atoms with E-state index < -0.39 is 0 Å². The largest absolute Gasteiger partial charge is 0.310 e. The van der Waals surface area contributed by atoms with Crippen molar-refractivity contribution in [3.63, 3.8) is 0 Å². The second-order valence-corrected chi connectivity index (χ2v) is 30.9.